The summed E-state index contributed by atoms with van der Waals surface area (Å²) in [5, 5.41) is 8.35. The molecule has 0 radical (unpaired) electrons. The molecule has 0 aliphatic carbocycles. The summed E-state index contributed by atoms with van der Waals surface area (Å²) in [4.78, 5) is 1.28. The van der Waals surface area contributed by atoms with E-state index in [0.29, 0.717) is 0 Å². The van der Waals surface area contributed by atoms with E-state index in [1.807, 2.05) is 42.6 Å². The summed E-state index contributed by atoms with van der Waals surface area (Å²) in [6.07, 6.45) is 3.80. The first-order valence-corrected chi connectivity index (χ1v) is 7.21. The third kappa shape index (κ3) is 3.03. The molecule has 0 fully saturated rings. The minimum absolute atomic E-state index is 0.836. The van der Waals surface area contributed by atoms with E-state index in [1.54, 1.807) is 16.0 Å². The zero-order valence-electron chi connectivity index (χ0n) is 10.2. The van der Waals surface area contributed by atoms with Gasteiger partial charge in [0.2, 0.25) is 0 Å². The molecule has 3 rings (SSSR count). The monoisotopic (exact) mass is 289 g/mol. The molecule has 2 heterocycles. The predicted octanol–water partition coefficient (Wildman–Crippen LogP) is 3.77. The average Bonchev–Trinajstić information content (AvgIpc) is 3.06. The van der Waals surface area contributed by atoms with Crippen LogP contribution in [0.3, 0.4) is 0 Å². The average molecular weight is 290 g/mol. The minimum Gasteiger partial charge on any atom is -0.220 e. The number of aryl methyl sites for hydroxylation is 2. The molecular formula is C14H12ClN3S. The van der Waals surface area contributed by atoms with E-state index >= 15 is 0 Å². The number of hydrogen-bond donors (Lipinski definition) is 0. The fourth-order valence-electron chi connectivity index (χ4n) is 1.86. The van der Waals surface area contributed by atoms with Crippen molar-refractivity contribution in [1.29, 1.82) is 0 Å². The van der Waals surface area contributed by atoms with Crippen LogP contribution in [0, 0.1) is 0 Å². The van der Waals surface area contributed by atoms with E-state index in [4.69, 9.17) is 11.6 Å². The maximum atomic E-state index is 5.91. The molecule has 0 atom stereocenters. The molecule has 0 bridgehead atoms. The molecule has 0 unspecified atom stereocenters. The third-order valence-electron chi connectivity index (χ3n) is 2.82. The molecule has 0 N–H and O–H groups in total. The third-order valence-corrected chi connectivity index (χ3v) is 4.11. The first-order valence-electron chi connectivity index (χ1n) is 6.02. The Morgan fingerprint density at radius 2 is 1.89 bits per heavy atom. The molecule has 0 aliphatic rings. The second-order valence-electron chi connectivity index (χ2n) is 4.20. The number of para-hydroxylation sites is 1. The van der Waals surface area contributed by atoms with Crippen LogP contribution in [0.1, 0.15) is 10.6 Å². The summed E-state index contributed by atoms with van der Waals surface area (Å²) in [5.41, 5.74) is 2.02. The second-order valence-corrected chi connectivity index (χ2v) is 6.00. The van der Waals surface area contributed by atoms with Gasteiger partial charge in [-0.3, -0.25) is 0 Å². The van der Waals surface area contributed by atoms with E-state index in [0.717, 1.165) is 28.6 Å². The van der Waals surface area contributed by atoms with E-state index in [9.17, 15) is 0 Å². The largest absolute Gasteiger partial charge is 0.220 e. The van der Waals surface area contributed by atoms with Gasteiger partial charge in [-0.05, 0) is 37.1 Å². The van der Waals surface area contributed by atoms with Crippen LogP contribution in [0.5, 0.6) is 0 Å². The normalized spacial score (nSPS) is 10.8. The highest BCUT2D eigenvalue weighted by Crippen LogP contribution is 2.22. The van der Waals surface area contributed by atoms with Gasteiger partial charge in [0.25, 0.3) is 0 Å². The zero-order chi connectivity index (χ0) is 13.1. The Kier molecular flexibility index (Phi) is 3.62. The van der Waals surface area contributed by atoms with Gasteiger partial charge in [0.1, 0.15) is 0 Å². The van der Waals surface area contributed by atoms with Crippen LogP contribution in [-0.4, -0.2) is 15.0 Å². The molecule has 0 amide bonds. The van der Waals surface area contributed by atoms with Gasteiger partial charge in [0, 0.05) is 4.88 Å². The highest BCUT2D eigenvalue weighted by Gasteiger charge is 2.04. The number of benzene rings is 1. The molecule has 3 nitrogen and oxygen atoms in total. The standard InChI is InChI=1S/C14H12ClN3S/c15-14-9-8-13(19-14)7-6-11-10-18(17-16-11)12-4-2-1-3-5-12/h1-5,8-10H,6-7H2. The topological polar surface area (TPSA) is 30.7 Å². The van der Waals surface area contributed by atoms with Gasteiger partial charge in [-0.15, -0.1) is 16.4 Å². The highest BCUT2D eigenvalue weighted by atomic mass is 35.5. The van der Waals surface area contributed by atoms with Crippen molar-refractivity contribution in [3.05, 3.63) is 63.6 Å². The number of hydrogen-bond acceptors (Lipinski definition) is 3. The van der Waals surface area contributed by atoms with Gasteiger partial charge in [-0.2, -0.15) is 0 Å². The lowest BCUT2D eigenvalue weighted by atomic mass is 10.2. The Bertz CT molecular complexity index is 660. The van der Waals surface area contributed by atoms with Crippen molar-refractivity contribution in [3.8, 4) is 5.69 Å². The first-order chi connectivity index (χ1) is 9.31. The summed E-state index contributed by atoms with van der Waals surface area (Å²) in [7, 11) is 0. The van der Waals surface area contributed by atoms with Gasteiger partial charge >= 0.3 is 0 Å². The predicted molar refractivity (Wildman–Crippen MR) is 78.1 cm³/mol. The second kappa shape index (κ2) is 5.55. The molecule has 0 saturated carbocycles. The number of rotatable bonds is 4. The van der Waals surface area contributed by atoms with E-state index in [-0.39, 0.29) is 0 Å². The summed E-state index contributed by atoms with van der Waals surface area (Å²) >= 11 is 7.53. The molecule has 0 aliphatic heterocycles. The zero-order valence-corrected chi connectivity index (χ0v) is 11.7. The van der Waals surface area contributed by atoms with E-state index in [1.165, 1.54) is 4.88 Å². The van der Waals surface area contributed by atoms with Gasteiger partial charge < -0.3 is 0 Å². The number of thiophene rings is 1. The maximum Gasteiger partial charge on any atom is 0.0931 e. The Labute approximate surface area is 120 Å². The van der Waals surface area contributed by atoms with Crippen LogP contribution < -0.4 is 0 Å². The van der Waals surface area contributed by atoms with Crippen molar-refractivity contribution in [1.82, 2.24) is 15.0 Å². The molecule has 0 saturated heterocycles. The molecule has 3 aromatic rings. The molecular weight excluding hydrogens is 278 g/mol. The molecule has 2 aromatic heterocycles. The number of nitrogens with zero attached hydrogens (tertiary/aromatic N) is 3. The van der Waals surface area contributed by atoms with E-state index < -0.39 is 0 Å². The van der Waals surface area contributed by atoms with Crippen molar-refractivity contribution < 1.29 is 0 Å². The SMILES string of the molecule is Clc1ccc(CCc2cn(-c3ccccc3)nn2)s1. The lowest BCUT2D eigenvalue weighted by Gasteiger charge is -1.97. The van der Waals surface area contributed by atoms with Crippen molar-refractivity contribution in [2.75, 3.05) is 0 Å². The van der Waals surface area contributed by atoms with Crippen molar-refractivity contribution in [2.24, 2.45) is 0 Å². The van der Waals surface area contributed by atoms with Crippen LogP contribution >= 0.6 is 22.9 Å². The summed E-state index contributed by atoms with van der Waals surface area (Å²) in [5.74, 6) is 0. The van der Waals surface area contributed by atoms with Crippen LogP contribution in [0.15, 0.2) is 48.7 Å². The van der Waals surface area contributed by atoms with Gasteiger partial charge in [-0.25, -0.2) is 4.68 Å². The Hall–Kier alpha value is -1.65. The quantitative estimate of drug-likeness (QED) is 0.732. The van der Waals surface area contributed by atoms with Crippen molar-refractivity contribution in [2.45, 2.75) is 12.8 Å². The lowest BCUT2D eigenvalue weighted by molar-refractivity contribution is 0.794. The number of aromatic nitrogens is 3. The van der Waals surface area contributed by atoms with Crippen LogP contribution in [0.2, 0.25) is 4.34 Å². The molecule has 5 heteroatoms. The van der Waals surface area contributed by atoms with Crippen molar-refractivity contribution in [3.63, 3.8) is 0 Å². The lowest BCUT2D eigenvalue weighted by Crippen LogP contribution is -1.93. The fraction of sp³-hybridized carbons (Fsp3) is 0.143. The summed E-state index contributed by atoms with van der Waals surface area (Å²) in [6.45, 7) is 0. The van der Waals surface area contributed by atoms with Crippen LogP contribution in [-0.2, 0) is 12.8 Å². The fourth-order valence-corrected chi connectivity index (χ4v) is 2.94. The summed E-state index contributed by atoms with van der Waals surface area (Å²) in [6, 6.07) is 14.0. The van der Waals surface area contributed by atoms with Crippen molar-refractivity contribution >= 4 is 22.9 Å². The Morgan fingerprint density at radius 1 is 1.05 bits per heavy atom. The molecule has 19 heavy (non-hydrogen) atoms. The minimum atomic E-state index is 0.836. The van der Waals surface area contributed by atoms with Gasteiger partial charge in [0.05, 0.1) is 21.9 Å². The maximum absolute atomic E-state index is 5.91. The summed E-state index contributed by atoms with van der Waals surface area (Å²) < 4.78 is 2.64. The van der Waals surface area contributed by atoms with Crippen LogP contribution in [0.25, 0.3) is 5.69 Å². The number of halogens is 1. The smallest absolute Gasteiger partial charge is 0.0931 e. The molecule has 0 spiro atoms. The Morgan fingerprint density at radius 3 is 2.63 bits per heavy atom. The van der Waals surface area contributed by atoms with E-state index in [2.05, 4.69) is 16.4 Å². The molecule has 1 aromatic carbocycles. The van der Waals surface area contributed by atoms with Crippen LogP contribution in [0.4, 0.5) is 0 Å². The molecule has 96 valence electrons. The van der Waals surface area contributed by atoms with Gasteiger partial charge in [-0.1, -0.05) is 35.0 Å². The van der Waals surface area contributed by atoms with Gasteiger partial charge in [0.15, 0.2) is 0 Å². The first kappa shape index (κ1) is 12.4. The highest BCUT2D eigenvalue weighted by molar-refractivity contribution is 7.16. The Balaban J connectivity index is 1.68.